The fraction of sp³-hybridized carbons (Fsp3) is 1.00. The van der Waals surface area contributed by atoms with Crippen molar-refractivity contribution in [1.29, 1.82) is 0 Å². The van der Waals surface area contributed by atoms with E-state index in [0.29, 0.717) is 6.17 Å². The average Bonchev–Trinajstić information content (AvgIpc) is 2.50. The fourth-order valence-electron chi connectivity index (χ4n) is 0.606. The number of hydrogen-bond acceptors (Lipinski definition) is 2. The van der Waals surface area contributed by atoms with Crippen molar-refractivity contribution in [2.45, 2.75) is 22.9 Å². The van der Waals surface area contributed by atoms with Crippen molar-refractivity contribution in [3.05, 3.63) is 0 Å². The smallest absolute Gasteiger partial charge is 0.163 e. The summed E-state index contributed by atoms with van der Waals surface area (Å²) in [5, 5.41) is 7.68. The van der Waals surface area contributed by atoms with Gasteiger partial charge in [0, 0.05) is 14.8 Å². The van der Waals surface area contributed by atoms with Crippen LogP contribution in [0.4, 0.5) is 0 Å². The lowest BCUT2D eigenvalue weighted by Crippen LogP contribution is -2.01. The van der Waals surface area contributed by atoms with Gasteiger partial charge in [0.15, 0.2) is 6.17 Å². The van der Waals surface area contributed by atoms with Gasteiger partial charge in [0.25, 0.3) is 0 Å². The molecule has 2 nitrogen and oxygen atoms in total. The van der Waals surface area contributed by atoms with Crippen LogP contribution in [0.2, 0.25) is 0 Å². The van der Waals surface area contributed by atoms with E-state index >= 15 is 0 Å². The lowest BCUT2D eigenvalue weighted by Gasteiger charge is -2.02. The molecule has 1 unspecified atom stereocenters. The molecule has 0 spiro atoms. The molecule has 1 atom stereocenters. The molecule has 52 valence electrons. The Hall–Kier alpha value is 1.06. The van der Waals surface area contributed by atoms with E-state index in [0.717, 1.165) is 10.3 Å². The first kappa shape index (κ1) is 8.16. The van der Waals surface area contributed by atoms with Gasteiger partial charge in [0.05, 0.1) is 0 Å². The lowest BCUT2D eigenvalue weighted by molar-refractivity contribution is 0.741. The Morgan fingerprint density at radius 2 is 2.11 bits per heavy atom. The van der Waals surface area contributed by atoms with Crippen LogP contribution in [0.5, 0.6) is 0 Å². The molecule has 1 aliphatic rings. The highest BCUT2D eigenvalue weighted by Crippen LogP contribution is 2.23. The van der Waals surface area contributed by atoms with E-state index in [1.54, 1.807) is 0 Å². The minimum absolute atomic E-state index is 0.370. The Kier molecular flexibility index (Phi) is 3.67. The van der Waals surface area contributed by atoms with Crippen LogP contribution in [-0.4, -0.2) is 14.5 Å². The highest BCUT2D eigenvalue weighted by molar-refractivity contribution is 14.1. The Morgan fingerprint density at radius 3 is 2.56 bits per heavy atom. The normalized spacial score (nSPS) is 20.2. The van der Waals surface area contributed by atoms with Crippen molar-refractivity contribution in [3.63, 3.8) is 0 Å². The van der Waals surface area contributed by atoms with Crippen LogP contribution in [-0.2, 0) is 0 Å². The molecular weight excluding hydrogens is 342 g/mol. The Bertz CT molecular complexity index is 110. The van der Waals surface area contributed by atoms with Gasteiger partial charge in [0.2, 0.25) is 0 Å². The molecule has 9 heavy (non-hydrogen) atoms. The predicted octanol–water partition coefficient (Wildman–Crippen LogP) is 2.80. The highest BCUT2D eigenvalue weighted by Gasteiger charge is 2.19. The van der Waals surface area contributed by atoms with Gasteiger partial charge in [-0.1, -0.05) is 45.2 Å². The number of rotatable bonds is 4. The zero-order chi connectivity index (χ0) is 6.69. The molecule has 0 aliphatic carbocycles. The molecule has 1 heterocycles. The number of nitrogens with zero attached hydrogens (tertiary/aromatic N) is 2. The molecule has 0 aromatic rings. The average molecular weight is 350 g/mol. The summed E-state index contributed by atoms with van der Waals surface area (Å²) in [6.07, 6.45) is 2.82. The number of alkyl halides is 2. The molecular formula is C5H8I2N2. The first-order valence-electron chi connectivity index (χ1n) is 2.93. The van der Waals surface area contributed by atoms with Gasteiger partial charge in [-0.25, -0.2) is 0 Å². The van der Waals surface area contributed by atoms with Gasteiger partial charge in [-0.15, -0.1) is 0 Å². The molecule has 0 saturated carbocycles. The third-order valence-corrected chi connectivity index (χ3v) is 2.92. The molecule has 0 N–H and O–H groups in total. The summed E-state index contributed by atoms with van der Waals surface area (Å²) in [5.74, 6) is 0. The van der Waals surface area contributed by atoms with Crippen molar-refractivity contribution >= 4 is 45.2 Å². The summed E-state index contributed by atoms with van der Waals surface area (Å²) in [7, 11) is 0. The first-order chi connectivity index (χ1) is 4.33. The second-order valence-corrected chi connectivity index (χ2v) is 4.86. The molecule has 0 radical (unpaired) electrons. The first-order valence-corrected chi connectivity index (χ1v) is 5.70. The van der Waals surface area contributed by atoms with E-state index in [2.05, 4.69) is 55.4 Å². The quantitative estimate of drug-likeness (QED) is 0.551. The van der Waals surface area contributed by atoms with Gasteiger partial charge in [-0.2, -0.15) is 10.2 Å². The maximum Gasteiger partial charge on any atom is 0.182 e. The maximum atomic E-state index is 3.84. The van der Waals surface area contributed by atoms with Crippen LogP contribution in [0.15, 0.2) is 10.2 Å². The van der Waals surface area contributed by atoms with E-state index in [4.69, 9.17) is 0 Å². The summed E-state index contributed by atoms with van der Waals surface area (Å²) in [4.78, 5) is 0. The summed E-state index contributed by atoms with van der Waals surface area (Å²) in [6.45, 7) is 0. The second kappa shape index (κ2) is 4.05. The van der Waals surface area contributed by atoms with E-state index < -0.39 is 0 Å². The number of hydrogen-bond donors (Lipinski definition) is 0. The third-order valence-electron chi connectivity index (χ3n) is 1.17. The molecule has 0 amide bonds. The van der Waals surface area contributed by atoms with Gasteiger partial charge >= 0.3 is 0 Å². The van der Waals surface area contributed by atoms with E-state index in [1.807, 2.05) is 0 Å². The Labute approximate surface area is 82.2 Å². The van der Waals surface area contributed by atoms with E-state index in [9.17, 15) is 0 Å². The number of halogens is 2. The summed E-state index contributed by atoms with van der Waals surface area (Å²) >= 11 is 4.88. The summed E-state index contributed by atoms with van der Waals surface area (Å²) < 4.78 is 2.03. The standard InChI is InChI=1S/C5H8I2N2/c6-2-1-4(7)3-5-8-9-5/h4-5H,1-3H2. The van der Waals surface area contributed by atoms with Gasteiger partial charge < -0.3 is 0 Å². The molecule has 0 aromatic carbocycles. The van der Waals surface area contributed by atoms with Crippen LogP contribution in [0, 0.1) is 0 Å². The van der Waals surface area contributed by atoms with Crippen molar-refractivity contribution in [2.24, 2.45) is 10.2 Å². The topological polar surface area (TPSA) is 24.7 Å². The van der Waals surface area contributed by atoms with Crippen LogP contribution in [0.3, 0.4) is 0 Å². The Balaban J connectivity index is 1.96. The van der Waals surface area contributed by atoms with Gasteiger partial charge in [-0.05, 0) is 6.42 Å². The van der Waals surface area contributed by atoms with Crippen molar-refractivity contribution in [1.82, 2.24) is 0 Å². The third kappa shape index (κ3) is 3.69. The fourth-order valence-corrected chi connectivity index (χ4v) is 3.32. The molecule has 1 rings (SSSR count). The molecule has 1 aliphatic heterocycles. The van der Waals surface area contributed by atoms with Gasteiger partial charge in [-0.3, -0.25) is 0 Å². The molecule has 0 fully saturated rings. The van der Waals surface area contributed by atoms with Crippen LogP contribution in [0.25, 0.3) is 0 Å². The molecule has 0 aromatic heterocycles. The second-order valence-electron chi connectivity index (χ2n) is 2.02. The molecule has 4 heteroatoms. The largest absolute Gasteiger partial charge is 0.182 e. The van der Waals surface area contributed by atoms with Crippen LogP contribution in [0.1, 0.15) is 12.8 Å². The zero-order valence-electron chi connectivity index (χ0n) is 4.93. The minimum Gasteiger partial charge on any atom is -0.163 e. The minimum atomic E-state index is 0.370. The molecule has 0 bridgehead atoms. The Morgan fingerprint density at radius 1 is 1.44 bits per heavy atom. The van der Waals surface area contributed by atoms with E-state index in [1.165, 1.54) is 10.8 Å². The SMILES string of the molecule is ICCC(I)CC1N=N1. The van der Waals surface area contributed by atoms with Crippen LogP contribution < -0.4 is 0 Å². The monoisotopic (exact) mass is 350 g/mol. The maximum absolute atomic E-state index is 3.84. The van der Waals surface area contributed by atoms with Gasteiger partial charge in [0.1, 0.15) is 0 Å². The highest BCUT2D eigenvalue weighted by atomic mass is 127. The summed E-state index contributed by atoms with van der Waals surface area (Å²) in [6, 6.07) is 0. The van der Waals surface area contributed by atoms with Crippen molar-refractivity contribution in [2.75, 3.05) is 4.43 Å². The van der Waals surface area contributed by atoms with E-state index in [-0.39, 0.29) is 0 Å². The summed E-state index contributed by atoms with van der Waals surface area (Å²) in [5.41, 5.74) is 0. The molecule has 0 saturated heterocycles. The van der Waals surface area contributed by atoms with Crippen molar-refractivity contribution < 1.29 is 0 Å². The lowest BCUT2D eigenvalue weighted by atomic mass is 10.2. The predicted molar refractivity (Wildman–Crippen MR) is 54.6 cm³/mol. The van der Waals surface area contributed by atoms with Crippen LogP contribution >= 0.6 is 45.2 Å². The van der Waals surface area contributed by atoms with Crippen molar-refractivity contribution in [3.8, 4) is 0 Å². The zero-order valence-corrected chi connectivity index (χ0v) is 9.24.